The van der Waals surface area contributed by atoms with E-state index in [1.54, 1.807) is 0 Å². The van der Waals surface area contributed by atoms with E-state index in [1.165, 1.54) is 11.8 Å². The Bertz CT molecular complexity index is 772. The highest BCUT2D eigenvalue weighted by Crippen LogP contribution is 2.23. The van der Waals surface area contributed by atoms with Crippen LogP contribution >= 0.6 is 11.8 Å². The number of carbonyl (C=O) groups is 2. The first-order valence-electron chi connectivity index (χ1n) is 8.78. The van der Waals surface area contributed by atoms with E-state index in [0.717, 1.165) is 34.5 Å². The molecule has 4 nitrogen and oxygen atoms in total. The van der Waals surface area contributed by atoms with Crippen LogP contribution in [0.3, 0.4) is 0 Å². The van der Waals surface area contributed by atoms with Gasteiger partial charge in [-0.1, -0.05) is 42.8 Å². The molecule has 1 atom stereocenters. The average Bonchev–Trinajstić information content (AvgIpc) is 2.63. The standard InChI is InChI=1S/C21H26N2O2S/c1-5-17-8-6-7-15(3)20(17)23-21(25)16(4)26-13-19(24)22-18-11-9-14(2)10-12-18/h6-12,16H,5,13H2,1-4H3,(H,22,24)(H,23,25)/t16-/m0/s1. The zero-order valence-corrected chi connectivity index (χ0v) is 16.6. The summed E-state index contributed by atoms with van der Waals surface area (Å²) in [5.74, 6) is 0.0439. The number of benzene rings is 2. The van der Waals surface area contributed by atoms with Gasteiger partial charge in [0.1, 0.15) is 0 Å². The first-order chi connectivity index (χ1) is 12.4. The topological polar surface area (TPSA) is 58.2 Å². The summed E-state index contributed by atoms with van der Waals surface area (Å²) in [5.41, 5.74) is 4.97. The van der Waals surface area contributed by atoms with Crippen LogP contribution in [-0.4, -0.2) is 22.8 Å². The molecule has 138 valence electrons. The van der Waals surface area contributed by atoms with Crippen LogP contribution in [0.25, 0.3) is 0 Å². The fourth-order valence-corrected chi connectivity index (χ4v) is 3.22. The Morgan fingerprint density at radius 1 is 1.04 bits per heavy atom. The van der Waals surface area contributed by atoms with E-state index >= 15 is 0 Å². The lowest BCUT2D eigenvalue weighted by molar-refractivity contribution is -0.115. The van der Waals surface area contributed by atoms with Crippen LogP contribution in [0.5, 0.6) is 0 Å². The molecule has 0 aliphatic heterocycles. The van der Waals surface area contributed by atoms with Gasteiger partial charge in [0.15, 0.2) is 0 Å². The van der Waals surface area contributed by atoms with Crippen molar-refractivity contribution in [1.82, 2.24) is 0 Å². The Morgan fingerprint density at radius 3 is 2.38 bits per heavy atom. The highest BCUT2D eigenvalue weighted by atomic mass is 32.2. The van der Waals surface area contributed by atoms with Gasteiger partial charge in [0.2, 0.25) is 11.8 Å². The van der Waals surface area contributed by atoms with Crippen molar-refractivity contribution in [3.05, 3.63) is 59.2 Å². The number of rotatable bonds is 7. The summed E-state index contributed by atoms with van der Waals surface area (Å²) in [6, 6.07) is 13.7. The van der Waals surface area contributed by atoms with Gasteiger partial charge in [0.05, 0.1) is 11.0 Å². The van der Waals surface area contributed by atoms with Crippen molar-refractivity contribution in [2.24, 2.45) is 0 Å². The molecule has 2 amide bonds. The molecule has 2 N–H and O–H groups in total. The largest absolute Gasteiger partial charge is 0.325 e. The van der Waals surface area contributed by atoms with Gasteiger partial charge in [-0.25, -0.2) is 0 Å². The summed E-state index contributed by atoms with van der Waals surface area (Å²) in [6.07, 6.45) is 0.859. The van der Waals surface area contributed by atoms with Crippen molar-refractivity contribution in [2.75, 3.05) is 16.4 Å². The van der Waals surface area contributed by atoms with Gasteiger partial charge in [-0.3, -0.25) is 9.59 Å². The molecule has 0 saturated carbocycles. The summed E-state index contributed by atoms with van der Waals surface area (Å²) in [6.45, 7) is 7.88. The van der Waals surface area contributed by atoms with Crippen LogP contribution in [0.2, 0.25) is 0 Å². The maximum Gasteiger partial charge on any atom is 0.237 e. The van der Waals surface area contributed by atoms with E-state index in [-0.39, 0.29) is 22.8 Å². The molecule has 26 heavy (non-hydrogen) atoms. The minimum atomic E-state index is -0.317. The second-order valence-corrected chi connectivity index (χ2v) is 7.65. The van der Waals surface area contributed by atoms with Crippen LogP contribution in [0, 0.1) is 13.8 Å². The molecule has 0 saturated heterocycles. The number of para-hydroxylation sites is 1. The Hall–Kier alpha value is -2.27. The van der Waals surface area contributed by atoms with E-state index in [9.17, 15) is 9.59 Å². The van der Waals surface area contributed by atoms with Crippen molar-refractivity contribution in [3.63, 3.8) is 0 Å². The molecule has 0 unspecified atom stereocenters. The van der Waals surface area contributed by atoms with Crippen LogP contribution < -0.4 is 10.6 Å². The smallest absolute Gasteiger partial charge is 0.237 e. The molecule has 0 spiro atoms. The van der Waals surface area contributed by atoms with Gasteiger partial charge in [0, 0.05) is 11.4 Å². The van der Waals surface area contributed by atoms with Crippen molar-refractivity contribution in [2.45, 2.75) is 39.4 Å². The van der Waals surface area contributed by atoms with Gasteiger partial charge in [-0.15, -0.1) is 11.8 Å². The molecule has 2 aromatic rings. The molecule has 0 heterocycles. The second kappa shape index (κ2) is 9.43. The molecular formula is C21H26N2O2S. The number of hydrogen-bond acceptors (Lipinski definition) is 3. The molecule has 0 bridgehead atoms. The van der Waals surface area contributed by atoms with Crippen LogP contribution in [0.15, 0.2) is 42.5 Å². The summed E-state index contributed by atoms with van der Waals surface area (Å²) in [7, 11) is 0. The highest BCUT2D eigenvalue weighted by molar-refractivity contribution is 8.01. The SMILES string of the molecule is CCc1cccc(C)c1NC(=O)[C@H](C)SCC(=O)Nc1ccc(C)cc1. The van der Waals surface area contributed by atoms with E-state index in [2.05, 4.69) is 17.6 Å². The molecular weight excluding hydrogens is 344 g/mol. The summed E-state index contributed by atoms with van der Waals surface area (Å²) in [4.78, 5) is 24.6. The zero-order chi connectivity index (χ0) is 19.1. The van der Waals surface area contributed by atoms with Gasteiger partial charge < -0.3 is 10.6 Å². The Balaban J connectivity index is 1.87. The second-order valence-electron chi connectivity index (χ2n) is 6.32. The molecule has 0 radical (unpaired) electrons. The maximum atomic E-state index is 12.5. The fraction of sp³-hybridized carbons (Fsp3) is 0.333. The monoisotopic (exact) mass is 370 g/mol. The third-order valence-corrected chi connectivity index (χ3v) is 5.30. The minimum Gasteiger partial charge on any atom is -0.325 e. The lowest BCUT2D eigenvalue weighted by Crippen LogP contribution is -2.25. The van der Waals surface area contributed by atoms with Crippen LogP contribution in [-0.2, 0) is 16.0 Å². The lowest BCUT2D eigenvalue weighted by Gasteiger charge is -2.16. The van der Waals surface area contributed by atoms with E-state index in [1.807, 2.05) is 63.2 Å². The molecule has 0 aromatic heterocycles. The average molecular weight is 371 g/mol. The van der Waals surface area contributed by atoms with Crippen molar-refractivity contribution < 1.29 is 9.59 Å². The predicted molar refractivity (Wildman–Crippen MR) is 111 cm³/mol. The van der Waals surface area contributed by atoms with Crippen molar-refractivity contribution in [1.29, 1.82) is 0 Å². The van der Waals surface area contributed by atoms with Gasteiger partial charge in [-0.2, -0.15) is 0 Å². The van der Waals surface area contributed by atoms with E-state index in [4.69, 9.17) is 0 Å². The molecule has 0 aliphatic carbocycles. The Kier molecular flexibility index (Phi) is 7.27. The molecule has 2 rings (SSSR count). The van der Waals surface area contributed by atoms with Gasteiger partial charge >= 0.3 is 0 Å². The maximum absolute atomic E-state index is 12.5. The fourth-order valence-electron chi connectivity index (χ4n) is 2.54. The molecule has 5 heteroatoms. The van der Waals surface area contributed by atoms with Gasteiger partial charge in [-0.05, 0) is 50.5 Å². The quantitative estimate of drug-likeness (QED) is 0.751. The first kappa shape index (κ1) is 20.0. The third kappa shape index (κ3) is 5.63. The third-order valence-electron chi connectivity index (χ3n) is 4.16. The van der Waals surface area contributed by atoms with Gasteiger partial charge in [0.25, 0.3) is 0 Å². The summed E-state index contributed by atoms with van der Waals surface area (Å²) >= 11 is 1.33. The Morgan fingerprint density at radius 2 is 1.73 bits per heavy atom. The zero-order valence-electron chi connectivity index (χ0n) is 15.8. The number of carbonyl (C=O) groups excluding carboxylic acids is 2. The number of anilines is 2. The number of thioether (sulfide) groups is 1. The summed E-state index contributed by atoms with van der Waals surface area (Å²) in [5, 5.41) is 5.55. The molecule has 0 fully saturated rings. The number of hydrogen-bond donors (Lipinski definition) is 2. The van der Waals surface area contributed by atoms with Crippen molar-refractivity contribution >= 4 is 35.0 Å². The minimum absolute atomic E-state index is 0.0814. The van der Waals surface area contributed by atoms with E-state index in [0.29, 0.717) is 0 Å². The van der Waals surface area contributed by atoms with Crippen LogP contribution in [0.1, 0.15) is 30.5 Å². The number of aryl methyl sites for hydroxylation is 3. The predicted octanol–water partition coefficient (Wildman–Crippen LogP) is 4.56. The van der Waals surface area contributed by atoms with E-state index < -0.39 is 0 Å². The highest BCUT2D eigenvalue weighted by Gasteiger charge is 2.17. The molecule has 2 aromatic carbocycles. The lowest BCUT2D eigenvalue weighted by atomic mass is 10.1. The number of amides is 2. The normalized spacial score (nSPS) is 11.7. The van der Waals surface area contributed by atoms with Crippen LogP contribution in [0.4, 0.5) is 11.4 Å². The number of nitrogens with one attached hydrogen (secondary N) is 2. The summed E-state index contributed by atoms with van der Waals surface area (Å²) < 4.78 is 0. The Labute approximate surface area is 159 Å². The first-order valence-corrected chi connectivity index (χ1v) is 9.83. The molecule has 0 aliphatic rings. The van der Waals surface area contributed by atoms with Crippen molar-refractivity contribution in [3.8, 4) is 0 Å².